The number of nitrogens with zero attached hydrogens (tertiary/aromatic N) is 3. The van der Waals surface area contributed by atoms with Gasteiger partial charge in [0.2, 0.25) is 11.1 Å². The van der Waals surface area contributed by atoms with Gasteiger partial charge in [-0.25, -0.2) is 4.68 Å². The lowest BCUT2D eigenvalue weighted by Gasteiger charge is -2.33. The molecule has 1 amide bonds. The number of hydrogen-bond donors (Lipinski definition) is 2. The van der Waals surface area contributed by atoms with Crippen LogP contribution >= 0.6 is 27.7 Å². The first-order valence-electron chi connectivity index (χ1n) is 9.02. The maximum Gasteiger partial charge on any atom is 0.240 e. The van der Waals surface area contributed by atoms with E-state index in [1.54, 1.807) is 7.11 Å². The van der Waals surface area contributed by atoms with Gasteiger partial charge in [-0.05, 0) is 59.6 Å². The number of rotatable bonds is 4. The van der Waals surface area contributed by atoms with Crippen LogP contribution in [0.4, 0.5) is 5.69 Å². The average molecular weight is 474 g/mol. The Kier molecular flexibility index (Phi) is 5.51. The quantitative estimate of drug-likeness (QED) is 0.594. The van der Waals surface area contributed by atoms with Crippen LogP contribution in [-0.4, -0.2) is 33.1 Å². The summed E-state index contributed by atoms with van der Waals surface area (Å²) in [6.07, 6.45) is 0. The van der Waals surface area contributed by atoms with E-state index in [9.17, 15) is 4.79 Å². The second-order valence-electron chi connectivity index (χ2n) is 6.76. The van der Waals surface area contributed by atoms with Crippen molar-refractivity contribution in [1.82, 2.24) is 14.9 Å². The van der Waals surface area contributed by atoms with E-state index in [1.807, 2.05) is 61.0 Å². The van der Waals surface area contributed by atoms with Crippen LogP contribution in [0.15, 0.2) is 52.1 Å². The summed E-state index contributed by atoms with van der Waals surface area (Å²) in [5.41, 5.74) is 6.26. The topological polar surface area (TPSA) is 81.1 Å². The molecule has 1 aliphatic rings. The Labute approximate surface area is 181 Å². The maximum absolute atomic E-state index is 13.2. The molecule has 29 heavy (non-hydrogen) atoms. The number of fused-ring (bicyclic) bond motifs is 1. The minimum absolute atomic E-state index is 0.102. The number of aryl methyl sites for hydroxylation is 2. The van der Waals surface area contributed by atoms with Gasteiger partial charge >= 0.3 is 0 Å². The van der Waals surface area contributed by atoms with Gasteiger partial charge in [0, 0.05) is 5.69 Å². The number of benzene rings is 2. The highest BCUT2D eigenvalue weighted by molar-refractivity contribution is 9.10. The number of aromatic nitrogens is 3. The van der Waals surface area contributed by atoms with Crippen LogP contribution in [0.3, 0.4) is 0 Å². The van der Waals surface area contributed by atoms with Gasteiger partial charge in [0.25, 0.3) is 0 Å². The molecule has 0 unspecified atom stereocenters. The first kappa shape index (κ1) is 19.8. The molecule has 0 saturated carbocycles. The minimum atomic E-state index is -0.437. The standard InChI is InChI=1S/C20H20BrN5O2S/c1-11-4-7-14(8-5-11)22-19(27)18-17(13-6-9-16(28-3)15(21)10-13)25-26-12(2)23-24-20(26)29-18/h4-10,17-18,25H,1-3H3,(H,22,27)/t17-,18+/m1/s1. The van der Waals surface area contributed by atoms with Crippen molar-refractivity contribution < 1.29 is 9.53 Å². The molecule has 9 heteroatoms. The number of hydrogen-bond acceptors (Lipinski definition) is 6. The van der Waals surface area contributed by atoms with Crippen molar-refractivity contribution in [3.05, 3.63) is 63.9 Å². The van der Waals surface area contributed by atoms with Gasteiger partial charge in [0.1, 0.15) is 16.8 Å². The number of anilines is 1. The third-order valence-corrected chi connectivity index (χ3v) is 6.55. The number of thioether (sulfide) groups is 1. The Morgan fingerprint density at radius 1 is 1.21 bits per heavy atom. The molecule has 0 saturated heterocycles. The van der Waals surface area contributed by atoms with E-state index in [2.05, 4.69) is 36.9 Å². The summed E-state index contributed by atoms with van der Waals surface area (Å²) in [5.74, 6) is 1.37. The van der Waals surface area contributed by atoms with Gasteiger partial charge in [-0.15, -0.1) is 10.2 Å². The van der Waals surface area contributed by atoms with Crippen molar-refractivity contribution in [1.29, 1.82) is 0 Å². The van der Waals surface area contributed by atoms with Gasteiger partial charge in [0.15, 0.2) is 0 Å². The number of halogens is 1. The van der Waals surface area contributed by atoms with E-state index >= 15 is 0 Å². The first-order chi connectivity index (χ1) is 14.0. The van der Waals surface area contributed by atoms with Crippen molar-refractivity contribution in [2.75, 3.05) is 17.9 Å². The minimum Gasteiger partial charge on any atom is -0.496 e. The van der Waals surface area contributed by atoms with Gasteiger partial charge < -0.3 is 15.5 Å². The monoisotopic (exact) mass is 473 g/mol. The van der Waals surface area contributed by atoms with E-state index in [0.717, 1.165) is 32.9 Å². The summed E-state index contributed by atoms with van der Waals surface area (Å²) < 4.78 is 7.99. The number of amides is 1. The molecule has 2 N–H and O–H groups in total. The highest BCUT2D eigenvalue weighted by atomic mass is 79.9. The summed E-state index contributed by atoms with van der Waals surface area (Å²) in [6.45, 7) is 3.89. The summed E-state index contributed by atoms with van der Waals surface area (Å²) in [5, 5.41) is 11.6. The fourth-order valence-electron chi connectivity index (χ4n) is 3.14. The van der Waals surface area contributed by atoms with Crippen LogP contribution in [0, 0.1) is 13.8 Å². The number of ether oxygens (including phenoxy) is 1. The maximum atomic E-state index is 13.2. The van der Waals surface area contributed by atoms with Crippen LogP contribution < -0.4 is 15.5 Å². The third-order valence-electron chi connectivity index (χ3n) is 4.71. The van der Waals surface area contributed by atoms with Gasteiger partial charge in [-0.1, -0.05) is 35.5 Å². The van der Waals surface area contributed by atoms with Crippen LogP contribution in [-0.2, 0) is 4.79 Å². The van der Waals surface area contributed by atoms with Gasteiger partial charge in [0.05, 0.1) is 17.6 Å². The van der Waals surface area contributed by atoms with Crippen LogP contribution in [0.1, 0.15) is 23.0 Å². The SMILES string of the molecule is COc1ccc([C@H]2Nn3c(C)nnc3S[C@@H]2C(=O)Nc2ccc(C)cc2)cc1Br. The van der Waals surface area contributed by atoms with Crippen molar-refractivity contribution in [2.24, 2.45) is 0 Å². The van der Waals surface area contributed by atoms with Gasteiger partial charge in [-0.2, -0.15) is 0 Å². The molecule has 150 valence electrons. The Morgan fingerprint density at radius 2 is 1.97 bits per heavy atom. The van der Waals surface area contributed by atoms with Crippen molar-refractivity contribution in [3.63, 3.8) is 0 Å². The molecule has 0 fully saturated rings. The molecule has 0 bridgehead atoms. The molecular weight excluding hydrogens is 454 g/mol. The highest BCUT2D eigenvalue weighted by Crippen LogP contribution is 2.39. The first-order valence-corrected chi connectivity index (χ1v) is 10.7. The van der Waals surface area contributed by atoms with E-state index < -0.39 is 5.25 Å². The Hall–Kier alpha value is -2.52. The summed E-state index contributed by atoms with van der Waals surface area (Å²) in [4.78, 5) is 13.2. The molecule has 0 spiro atoms. The Balaban J connectivity index is 1.67. The van der Waals surface area contributed by atoms with E-state index in [4.69, 9.17) is 4.74 Å². The number of carbonyl (C=O) groups is 1. The molecule has 1 aromatic heterocycles. The predicted molar refractivity (Wildman–Crippen MR) is 117 cm³/mol. The van der Waals surface area contributed by atoms with Crippen LogP contribution in [0.25, 0.3) is 0 Å². The molecule has 2 aromatic carbocycles. The van der Waals surface area contributed by atoms with E-state index in [0.29, 0.717) is 5.16 Å². The lowest BCUT2D eigenvalue weighted by atomic mass is 10.0. The zero-order valence-corrected chi connectivity index (χ0v) is 18.5. The predicted octanol–water partition coefficient (Wildman–Crippen LogP) is 4.06. The summed E-state index contributed by atoms with van der Waals surface area (Å²) >= 11 is 4.93. The molecule has 0 aliphatic carbocycles. The lowest BCUT2D eigenvalue weighted by molar-refractivity contribution is -0.116. The average Bonchev–Trinajstić information content (AvgIpc) is 3.08. The summed E-state index contributed by atoms with van der Waals surface area (Å²) in [6, 6.07) is 13.3. The molecule has 4 rings (SSSR count). The van der Waals surface area contributed by atoms with E-state index in [1.165, 1.54) is 11.8 Å². The Morgan fingerprint density at radius 3 is 2.66 bits per heavy atom. The smallest absolute Gasteiger partial charge is 0.240 e. The van der Waals surface area contributed by atoms with Crippen LogP contribution in [0.2, 0.25) is 0 Å². The molecule has 3 aromatic rings. The number of methoxy groups -OCH3 is 1. The Bertz CT molecular complexity index is 1050. The molecule has 2 atom stereocenters. The normalized spacial score (nSPS) is 17.9. The van der Waals surface area contributed by atoms with Gasteiger partial charge in [-0.3, -0.25) is 4.79 Å². The molecule has 7 nitrogen and oxygen atoms in total. The largest absolute Gasteiger partial charge is 0.496 e. The van der Waals surface area contributed by atoms with Crippen molar-refractivity contribution in [3.8, 4) is 5.75 Å². The number of nitrogens with one attached hydrogen (secondary N) is 2. The van der Waals surface area contributed by atoms with Crippen LogP contribution in [0.5, 0.6) is 5.75 Å². The third kappa shape index (κ3) is 3.97. The molecular formula is C20H20BrN5O2S. The molecule has 0 radical (unpaired) electrons. The fourth-order valence-corrected chi connectivity index (χ4v) is 4.82. The molecule has 2 heterocycles. The van der Waals surface area contributed by atoms with E-state index in [-0.39, 0.29) is 11.9 Å². The second-order valence-corrected chi connectivity index (χ2v) is 8.72. The van der Waals surface area contributed by atoms with Crippen molar-refractivity contribution >= 4 is 39.3 Å². The zero-order valence-electron chi connectivity index (χ0n) is 16.1. The zero-order chi connectivity index (χ0) is 20.5. The fraction of sp³-hybridized carbons (Fsp3) is 0.250. The highest BCUT2D eigenvalue weighted by Gasteiger charge is 2.37. The lowest BCUT2D eigenvalue weighted by Crippen LogP contribution is -2.41. The second kappa shape index (κ2) is 8.08. The molecule has 1 aliphatic heterocycles. The number of carbonyl (C=O) groups excluding carboxylic acids is 1. The van der Waals surface area contributed by atoms with Crippen molar-refractivity contribution in [2.45, 2.75) is 30.3 Å². The summed E-state index contributed by atoms with van der Waals surface area (Å²) in [7, 11) is 1.62.